The summed E-state index contributed by atoms with van der Waals surface area (Å²) in [6.07, 6.45) is 2.72. The van der Waals surface area contributed by atoms with Gasteiger partial charge in [0.2, 0.25) is 10.0 Å². The van der Waals surface area contributed by atoms with E-state index in [-0.39, 0.29) is 28.1 Å². The van der Waals surface area contributed by atoms with E-state index in [1.54, 1.807) is 12.1 Å². The van der Waals surface area contributed by atoms with Gasteiger partial charge in [-0.2, -0.15) is 0 Å². The molecule has 3 rings (SSSR count). The third-order valence-electron chi connectivity index (χ3n) is 4.46. The maximum atomic E-state index is 14.6. The summed E-state index contributed by atoms with van der Waals surface area (Å²) < 4.78 is 47.8. The number of ether oxygens (including phenoxy) is 1. The lowest BCUT2D eigenvalue weighted by Crippen LogP contribution is -2.46. The van der Waals surface area contributed by atoms with E-state index in [1.807, 2.05) is 11.8 Å². The Hall–Kier alpha value is -1.58. The maximum absolute atomic E-state index is 14.6. The summed E-state index contributed by atoms with van der Waals surface area (Å²) in [5.41, 5.74) is 0.280. The Morgan fingerprint density at radius 2 is 2.22 bits per heavy atom. The van der Waals surface area contributed by atoms with Crippen LogP contribution in [-0.4, -0.2) is 50.6 Å². The van der Waals surface area contributed by atoms with Crippen LogP contribution >= 0.6 is 11.6 Å². The molecule has 0 spiro atoms. The predicted octanol–water partition coefficient (Wildman–Crippen LogP) is 2.61. The van der Waals surface area contributed by atoms with Gasteiger partial charge in [-0.15, -0.1) is 0 Å². The highest BCUT2D eigenvalue weighted by atomic mass is 35.5. The fourth-order valence-corrected chi connectivity index (χ4v) is 4.44. The van der Waals surface area contributed by atoms with E-state index in [2.05, 4.69) is 9.71 Å². The summed E-state index contributed by atoms with van der Waals surface area (Å²) in [7, 11) is -3.78. The van der Waals surface area contributed by atoms with Crippen molar-refractivity contribution in [1.29, 1.82) is 0 Å². The van der Waals surface area contributed by atoms with E-state index in [0.717, 1.165) is 0 Å². The second-order valence-electron chi connectivity index (χ2n) is 6.37. The van der Waals surface area contributed by atoms with Gasteiger partial charge < -0.3 is 4.74 Å². The van der Waals surface area contributed by atoms with Gasteiger partial charge in [0, 0.05) is 42.6 Å². The number of nitrogens with one attached hydrogen (secondary N) is 1. The lowest BCUT2D eigenvalue weighted by atomic mass is 10.0. The molecule has 2 heterocycles. The first-order valence-corrected chi connectivity index (χ1v) is 10.4. The lowest BCUT2D eigenvalue weighted by molar-refractivity contribution is -0.0342. The minimum Gasteiger partial charge on any atom is -0.376 e. The van der Waals surface area contributed by atoms with Crippen LogP contribution in [0, 0.1) is 5.82 Å². The number of hydrogen-bond donors (Lipinski definition) is 1. The number of nitrogens with zero attached hydrogens (tertiary/aromatic N) is 2. The van der Waals surface area contributed by atoms with Crippen LogP contribution in [0.4, 0.5) is 4.39 Å². The van der Waals surface area contributed by atoms with Crippen LogP contribution in [0.1, 0.15) is 18.5 Å². The van der Waals surface area contributed by atoms with Crippen LogP contribution in [-0.2, 0) is 14.8 Å². The van der Waals surface area contributed by atoms with Gasteiger partial charge >= 0.3 is 0 Å². The number of pyridine rings is 1. The molecular formula is C18H21ClFN3O3S. The molecule has 2 aromatic rings. The molecule has 2 atom stereocenters. The van der Waals surface area contributed by atoms with Crippen molar-refractivity contribution in [2.45, 2.75) is 24.0 Å². The maximum Gasteiger partial charge on any atom is 0.242 e. The molecule has 1 aliphatic rings. The second-order valence-corrected chi connectivity index (χ2v) is 8.54. The smallest absolute Gasteiger partial charge is 0.242 e. The third kappa shape index (κ3) is 4.83. The zero-order chi connectivity index (χ0) is 19.4. The normalized spacial score (nSPS) is 19.7. The first-order valence-electron chi connectivity index (χ1n) is 8.58. The van der Waals surface area contributed by atoms with Gasteiger partial charge in [-0.05, 0) is 31.2 Å². The van der Waals surface area contributed by atoms with Crippen molar-refractivity contribution in [2.24, 2.45) is 0 Å². The summed E-state index contributed by atoms with van der Waals surface area (Å²) in [6.45, 7) is 3.48. The number of rotatable bonds is 6. The van der Waals surface area contributed by atoms with Crippen LogP contribution in [0.25, 0.3) is 0 Å². The molecule has 1 aliphatic heterocycles. The highest BCUT2D eigenvalue weighted by molar-refractivity contribution is 7.89. The monoisotopic (exact) mass is 413 g/mol. The standard InChI is InChI=1S/C18H21ClFN3O3S/c1-13-12-23(8-9-26-13)17(18-15(19)5-2-6-16(18)20)11-22-27(24,25)14-4-3-7-21-10-14/h2-7,10,13,17,22H,8-9,11-12H2,1H3. The second kappa shape index (κ2) is 8.62. The van der Waals surface area contributed by atoms with Crippen molar-refractivity contribution in [3.05, 3.63) is 59.1 Å². The van der Waals surface area contributed by atoms with Gasteiger partial charge in [0.1, 0.15) is 10.7 Å². The average Bonchev–Trinajstić information content (AvgIpc) is 2.65. The molecule has 0 aliphatic carbocycles. The van der Waals surface area contributed by atoms with E-state index in [1.165, 1.54) is 30.6 Å². The molecular weight excluding hydrogens is 393 g/mol. The van der Waals surface area contributed by atoms with Crippen molar-refractivity contribution >= 4 is 21.6 Å². The molecule has 1 N–H and O–H groups in total. The first kappa shape index (κ1) is 20.2. The molecule has 9 heteroatoms. The number of benzene rings is 1. The van der Waals surface area contributed by atoms with Crippen molar-refractivity contribution < 1.29 is 17.5 Å². The quantitative estimate of drug-likeness (QED) is 0.788. The van der Waals surface area contributed by atoms with Crippen molar-refractivity contribution in [1.82, 2.24) is 14.6 Å². The molecule has 0 bridgehead atoms. The van der Waals surface area contributed by atoms with E-state index >= 15 is 0 Å². The van der Waals surface area contributed by atoms with E-state index in [0.29, 0.717) is 19.7 Å². The summed E-state index contributed by atoms with van der Waals surface area (Å²) in [6, 6.07) is 6.90. The molecule has 1 aromatic carbocycles. The van der Waals surface area contributed by atoms with Crippen LogP contribution in [0.2, 0.25) is 5.02 Å². The van der Waals surface area contributed by atoms with Gasteiger partial charge in [0.05, 0.1) is 18.8 Å². The Bertz CT molecular complexity index is 862. The Kier molecular flexibility index (Phi) is 6.44. The fourth-order valence-electron chi connectivity index (χ4n) is 3.15. The number of aromatic nitrogens is 1. The van der Waals surface area contributed by atoms with Crippen LogP contribution in [0.15, 0.2) is 47.6 Å². The predicted molar refractivity (Wildman–Crippen MR) is 101 cm³/mol. The zero-order valence-corrected chi connectivity index (χ0v) is 16.4. The lowest BCUT2D eigenvalue weighted by Gasteiger charge is -2.38. The fraction of sp³-hybridized carbons (Fsp3) is 0.389. The Morgan fingerprint density at radius 1 is 1.41 bits per heavy atom. The summed E-state index contributed by atoms with van der Waals surface area (Å²) in [5.74, 6) is -0.466. The van der Waals surface area contributed by atoms with E-state index in [9.17, 15) is 12.8 Å². The van der Waals surface area contributed by atoms with Gasteiger partial charge in [0.15, 0.2) is 0 Å². The summed E-state index contributed by atoms with van der Waals surface area (Å²) in [4.78, 5) is 5.88. The number of hydrogen-bond acceptors (Lipinski definition) is 5. The van der Waals surface area contributed by atoms with E-state index in [4.69, 9.17) is 16.3 Å². The number of morpholine rings is 1. The summed E-state index contributed by atoms with van der Waals surface area (Å²) in [5, 5.41) is 0.264. The molecule has 1 aromatic heterocycles. The minimum atomic E-state index is -3.78. The molecule has 6 nitrogen and oxygen atoms in total. The highest BCUT2D eigenvalue weighted by Crippen LogP contribution is 2.31. The number of sulfonamides is 1. The Labute approximate surface area is 163 Å². The average molecular weight is 414 g/mol. The van der Waals surface area contributed by atoms with Gasteiger partial charge in [-0.3, -0.25) is 9.88 Å². The Morgan fingerprint density at radius 3 is 2.89 bits per heavy atom. The van der Waals surface area contributed by atoms with Crippen LogP contribution < -0.4 is 4.72 Å². The topological polar surface area (TPSA) is 71.5 Å². The highest BCUT2D eigenvalue weighted by Gasteiger charge is 2.30. The summed E-state index contributed by atoms with van der Waals surface area (Å²) >= 11 is 6.26. The van der Waals surface area contributed by atoms with E-state index < -0.39 is 21.9 Å². The van der Waals surface area contributed by atoms with Crippen molar-refractivity contribution in [3.63, 3.8) is 0 Å². The largest absolute Gasteiger partial charge is 0.376 e. The first-order chi connectivity index (χ1) is 12.9. The SMILES string of the molecule is CC1CN(C(CNS(=O)(=O)c2cccnc2)c2c(F)cccc2Cl)CCO1. The van der Waals surface area contributed by atoms with Gasteiger partial charge in [-0.25, -0.2) is 17.5 Å². The molecule has 0 amide bonds. The van der Waals surface area contributed by atoms with Crippen LogP contribution in [0.3, 0.4) is 0 Å². The molecule has 0 saturated carbocycles. The molecule has 27 heavy (non-hydrogen) atoms. The van der Waals surface area contributed by atoms with Crippen LogP contribution in [0.5, 0.6) is 0 Å². The van der Waals surface area contributed by atoms with Crippen molar-refractivity contribution in [2.75, 3.05) is 26.2 Å². The number of halogens is 2. The molecule has 0 radical (unpaired) electrons. The van der Waals surface area contributed by atoms with Crippen molar-refractivity contribution in [3.8, 4) is 0 Å². The van der Waals surface area contributed by atoms with Gasteiger partial charge in [0.25, 0.3) is 0 Å². The Balaban J connectivity index is 1.88. The molecule has 2 unspecified atom stereocenters. The van der Waals surface area contributed by atoms with Gasteiger partial charge in [-0.1, -0.05) is 17.7 Å². The molecule has 146 valence electrons. The molecule has 1 saturated heterocycles. The third-order valence-corrected chi connectivity index (χ3v) is 6.20. The molecule has 1 fully saturated rings. The zero-order valence-electron chi connectivity index (χ0n) is 14.8. The minimum absolute atomic E-state index is 0.0232.